The molecule has 12 heteroatoms. The third-order valence-electron chi connectivity index (χ3n) is 8.22. The van der Waals surface area contributed by atoms with Gasteiger partial charge in [0.15, 0.2) is 11.5 Å². The van der Waals surface area contributed by atoms with Gasteiger partial charge in [0.2, 0.25) is 5.88 Å². The molecule has 2 bridgehead atoms. The Morgan fingerprint density at radius 3 is 2.36 bits per heavy atom. The zero-order valence-corrected chi connectivity index (χ0v) is 28.0. The van der Waals surface area contributed by atoms with E-state index in [1.165, 1.54) is 0 Å². The number of aryl methyl sites for hydroxylation is 2. The highest BCUT2D eigenvalue weighted by Crippen LogP contribution is 2.32. The maximum atomic E-state index is 13.9. The SMILES string of the molecule is COc1ccc(C(=O)N2CCCCN(C(=O)c3cc(CC(C)C)nn3C)CCOc3cc(ccc3OC)-c3nccn3CCC2)cn1. The summed E-state index contributed by atoms with van der Waals surface area (Å²) >= 11 is 0. The van der Waals surface area contributed by atoms with Crippen LogP contribution >= 0.6 is 0 Å². The van der Waals surface area contributed by atoms with E-state index in [2.05, 4.69) is 33.5 Å². The van der Waals surface area contributed by atoms with Gasteiger partial charge in [-0.05, 0) is 61.9 Å². The minimum atomic E-state index is -0.100. The molecular weight excluding hydrogens is 598 g/mol. The molecular formula is C35H45N7O5. The second-order valence-electron chi connectivity index (χ2n) is 12.1. The smallest absolute Gasteiger partial charge is 0.272 e. The van der Waals surface area contributed by atoms with Crippen molar-refractivity contribution in [2.45, 2.75) is 46.1 Å². The van der Waals surface area contributed by atoms with Gasteiger partial charge in [0.25, 0.3) is 11.8 Å². The molecule has 3 aromatic heterocycles. The van der Waals surface area contributed by atoms with Crippen molar-refractivity contribution >= 4 is 11.8 Å². The number of aromatic nitrogens is 5. The molecule has 0 saturated carbocycles. The number of methoxy groups -OCH3 is 2. The summed E-state index contributed by atoms with van der Waals surface area (Å²) in [5, 5.41) is 4.60. The summed E-state index contributed by atoms with van der Waals surface area (Å²) in [5.74, 6) is 2.68. The molecule has 12 nitrogen and oxygen atoms in total. The predicted molar refractivity (Wildman–Crippen MR) is 178 cm³/mol. The van der Waals surface area contributed by atoms with Crippen LogP contribution in [0.15, 0.2) is 55.0 Å². The normalized spacial score (nSPS) is 14.7. The highest BCUT2D eigenvalue weighted by Gasteiger charge is 2.22. The number of amides is 2. The van der Waals surface area contributed by atoms with Crippen LogP contribution in [-0.4, -0.2) is 92.9 Å². The van der Waals surface area contributed by atoms with Crippen LogP contribution in [0.25, 0.3) is 11.4 Å². The standard InChI is InChI=1S/C35H45N7O5/c1-25(2)21-28-23-29(39(3)38-28)35(44)42-15-7-6-14-41(34(43)27-10-12-32(46-5)37-24-27)17-8-16-40-18-13-36-33(40)26-9-11-30(45-4)31(22-26)47-20-19-42/h9-13,18,22-25H,6-8,14-17,19-21H2,1-5H3. The van der Waals surface area contributed by atoms with Crippen molar-refractivity contribution in [1.29, 1.82) is 0 Å². The van der Waals surface area contributed by atoms with Gasteiger partial charge in [-0.2, -0.15) is 5.10 Å². The van der Waals surface area contributed by atoms with Crippen LogP contribution in [-0.2, 0) is 20.0 Å². The number of carbonyl (C=O) groups is 2. The molecule has 0 aliphatic carbocycles. The van der Waals surface area contributed by atoms with Crippen molar-refractivity contribution in [1.82, 2.24) is 34.1 Å². The Balaban J connectivity index is 1.42. The van der Waals surface area contributed by atoms with Gasteiger partial charge >= 0.3 is 0 Å². The molecule has 0 spiro atoms. The average molecular weight is 644 g/mol. The van der Waals surface area contributed by atoms with E-state index in [0.29, 0.717) is 73.7 Å². The first-order valence-corrected chi connectivity index (χ1v) is 16.2. The van der Waals surface area contributed by atoms with Crippen molar-refractivity contribution in [3.8, 4) is 28.8 Å². The molecule has 1 aliphatic rings. The lowest BCUT2D eigenvalue weighted by molar-refractivity contribution is 0.0696. The summed E-state index contributed by atoms with van der Waals surface area (Å²) in [6.45, 7) is 7.18. The first-order valence-electron chi connectivity index (χ1n) is 16.2. The zero-order valence-electron chi connectivity index (χ0n) is 28.0. The number of benzene rings is 1. The number of fused-ring (bicyclic) bond motifs is 4. The number of carbonyl (C=O) groups excluding carboxylic acids is 2. The maximum Gasteiger partial charge on any atom is 0.272 e. The zero-order chi connectivity index (χ0) is 33.3. The van der Waals surface area contributed by atoms with Crippen LogP contribution in [0.2, 0.25) is 0 Å². The van der Waals surface area contributed by atoms with Crippen LogP contribution in [0.3, 0.4) is 0 Å². The third-order valence-corrected chi connectivity index (χ3v) is 8.22. The fraction of sp³-hybridized carbons (Fsp3) is 0.457. The van der Waals surface area contributed by atoms with Crippen LogP contribution < -0.4 is 14.2 Å². The molecule has 0 fully saturated rings. The van der Waals surface area contributed by atoms with Gasteiger partial charge in [-0.3, -0.25) is 14.3 Å². The van der Waals surface area contributed by atoms with E-state index in [0.717, 1.165) is 36.3 Å². The molecule has 0 saturated heterocycles. The van der Waals surface area contributed by atoms with Gasteiger partial charge in [-0.1, -0.05) is 13.8 Å². The summed E-state index contributed by atoms with van der Waals surface area (Å²) in [5.41, 5.74) is 2.83. The van der Waals surface area contributed by atoms with Crippen molar-refractivity contribution in [3.63, 3.8) is 0 Å². The van der Waals surface area contributed by atoms with Crippen LogP contribution in [0.4, 0.5) is 0 Å². The molecule has 4 aromatic rings. The van der Waals surface area contributed by atoms with Crippen molar-refractivity contribution in [2.24, 2.45) is 13.0 Å². The third kappa shape index (κ3) is 8.30. The number of hydrogen-bond acceptors (Lipinski definition) is 8. The Morgan fingerprint density at radius 2 is 1.66 bits per heavy atom. The Labute approximate surface area is 276 Å². The minimum Gasteiger partial charge on any atom is -0.493 e. The predicted octanol–water partition coefficient (Wildman–Crippen LogP) is 4.74. The van der Waals surface area contributed by atoms with E-state index in [1.54, 1.807) is 43.4 Å². The molecule has 0 radical (unpaired) electrons. The highest BCUT2D eigenvalue weighted by atomic mass is 16.5. The number of pyridine rings is 1. The summed E-state index contributed by atoms with van der Waals surface area (Å²) in [6, 6.07) is 11.1. The second kappa shape index (κ2) is 15.6. The molecule has 4 heterocycles. The Morgan fingerprint density at radius 1 is 0.894 bits per heavy atom. The minimum absolute atomic E-state index is 0.0855. The molecule has 0 N–H and O–H groups in total. The van der Waals surface area contributed by atoms with Crippen LogP contribution in [0.5, 0.6) is 17.4 Å². The Hall–Kier alpha value is -4.87. The fourth-order valence-corrected chi connectivity index (χ4v) is 5.83. The monoisotopic (exact) mass is 643 g/mol. The van der Waals surface area contributed by atoms with Gasteiger partial charge in [0.1, 0.15) is 18.1 Å². The molecule has 47 heavy (non-hydrogen) atoms. The van der Waals surface area contributed by atoms with E-state index < -0.39 is 0 Å². The molecule has 2 amide bonds. The lowest BCUT2D eigenvalue weighted by atomic mass is 10.1. The molecule has 1 aromatic carbocycles. The largest absolute Gasteiger partial charge is 0.493 e. The number of nitrogens with zero attached hydrogens (tertiary/aromatic N) is 7. The van der Waals surface area contributed by atoms with E-state index in [1.807, 2.05) is 47.3 Å². The Kier molecular flexibility index (Phi) is 11.1. The number of ether oxygens (including phenoxy) is 3. The molecule has 1 aliphatic heterocycles. The number of rotatable bonds is 6. The van der Waals surface area contributed by atoms with E-state index in [-0.39, 0.29) is 18.4 Å². The van der Waals surface area contributed by atoms with Gasteiger partial charge in [-0.25, -0.2) is 9.97 Å². The Bertz CT molecular complexity index is 1650. The fourth-order valence-electron chi connectivity index (χ4n) is 5.83. The van der Waals surface area contributed by atoms with Crippen LogP contribution in [0, 0.1) is 5.92 Å². The average Bonchev–Trinajstić information content (AvgIpc) is 3.69. The number of hydrogen-bond donors (Lipinski definition) is 0. The van der Waals surface area contributed by atoms with Gasteiger partial charge in [-0.15, -0.1) is 0 Å². The summed E-state index contributed by atoms with van der Waals surface area (Å²) in [7, 11) is 4.97. The van der Waals surface area contributed by atoms with Crippen LogP contribution in [0.1, 0.15) is 59.7 Å². The summed E-state index contributed by atoms with van der Waals surface area (Å²) < 4.78 is 20.8. The molecule has 250 valence electrons. The highest BCUT2D eigenvalue weighted by molar-refractivity contribution is 5.94. The van der Waals surface area contributed by atoms with Gasteiger partial charge in [0.05, 0.1) is 32.0 Å². The van der Waals surface area contributed by atoms with Crippen molar-refractivity contribution in [2.75, 3.05) is 47.0 Å². The van der Waals surface area contributed by atoms with Gasteiger partial charge in [0, 0.05) is 63.4 Å². The molecule has 0 atom stereocenters. The second-order valence-corrected chi connectivity index (χ2v) is 12.1. The molecule has 5 rings (SSSR count). The van der Waals surface area contributed by atoms with E-state index in [4.69, 9.17) is 14.2 Å². The lowest BCUT2D eigenvalue weighted by Gasteiger charge is -2.25. The topological polar surface area (TPSA) is 117 Å². The molecule has 0 unspecified atom stereocenters. The summed E-state index contributed by atoms with van der Waals surface area (Å²) in [6.07, 6.45) is 8.22. The number of imidazole rings is 1. The van der Waals surface area contributed by atoms with E-state index in [9.17, 15) is 9.59 Å². The lowest BCUT2D eigenvalue weighted by Crippen LogP contribution is -2.37. The first kappa shape index (κ1) is 33.5. The first-order chi connectivity index (χ1) is 22.8. The van der Waals surface area contributed by atoms with E-state index >= 15 is 0 Å². The summed E-state index contributed by atoms with van der Waals surface area (Å²) in [4.78, 5) is 40.1. The maximum absolute atomic E-state index is 13.9. The quantitative estimate of drug-likeness (QED) is 0.296. The van der Waals surface area contributed by atoms with Crippen molar-refractivity contribution < 1.29 is 23.8 Å². The van der Waals surface area contributed by atoms with Crippen molar-refractivity contribution in [3.05, 3.63) is 71.9 Å². The van der Waals surface area contributed by atoms with Gasteiger partial charge < -0.3 is 28.6 Å².